The molecule has 1 aliphatic heterocycles. The Kier molecular flexibility index (Phi) is 4.56. The van der Waals surface area contributed by atoms with Crippen LogP contribution in [0.2, 0.25) is 0 Å². The lowest BCUT2D eigenvalue weighted by Gasteiger charge is -2.19. The van der Waals surface area contributed by atoms with Gasteiger partial charge in [-0.2, -0.15) is 0 Å². The van der Waals surface area contributed by atoms with E-state index in [1.54, 1.807) is 0 Å². The summed E-state index contributed by atoms with van der Waals surface area (Å²) in [4.78, 5) is 0. The first-order valence-corrected chi connectivity index (χ1v) is 10.9. The van der Waals surface area contributed by atoms with E-state index in [0.717, 1.165) is 42.3 Å². The molecular formula is C24H18Br2O2. The molecule has 0 N–H and O–H groups in total. The Hall–Kier alpha value is -2.04. The molecule has 4 aromatic carbocycles. The average molecular weight is 498 g/mol. The van der Waals surface area contributed by atoms with Crippen molar-refractivity contribution in [2.75, 3.05) is 13.2 Å². The molecule has 0 aromatic heterocycles. The highest BCUT2D eigenvalue weighted by molar-refractivity contribution is 9.11. The predicted molar refractivity (Wildman–Crippen MR) is 122 cm³/mol. The van der Waals surface area contributed by atoms with E-state index in [1.807, 2.05) is 0 Å². The van der Waals surface area contributed by atoms with E-state index in [1.165, 1.54) is 10.8 Å². The molecular weight excluding hydrogens is 480 g/mol. The lowest BCUT2D eigenvalue weighted by molar-refractivity contribution is 0.191. The summed E-state index contributed by atoms with van der Waals surface area (Å²) >= 11 is 7.53. The number of rotatable bonds is 0. The lowest BCUT2D eigenvalue weighted by atomic mass is 9.92. The SMILES string of the molecule is CC1COc2c(Br)cc3ccccc3c2-c2c(c(Br)cc3ccccc23)OC1. The van der Waals surface area contributed by atoms with Crippen LogP contribution in [0, 0.1) is 5.92 Å². The van der Waals surface area contributed by atoms with Gasteiger partial charge in [-0.15, -0.1) is 0 Å². The van der Waals surface area contributed by atoms with Gasteiger partial charge in [-0.1, -0.05) is 55.5 Å². The molecule has 28 heavy (non-hydrogen) atoms. The van der Waals surface area contributed by atoms with Crippen molar-refractivity contribution in [2.24, 2.45) is 5.92 Å². The number of hydrogen-bond acceptors (Lipinski definition) is 2. The van der Waals surface area contributed by atoms with Gasteiger partial charge in [-0.05, 0) is 65.5 Å². The zero-order chi connectivity index (χ0) is 19.3. The van der Waals surface area contributed by atoms with Crippen LogP contribution in [-0.4, -0.2) is 13.2 Å². The third-order valence-corrected chi connectivity index (χ3v) is 6.37. The van der Waals surface area contributed by atoms with Crippen LogP contribution < -0.4 is 9.47 Å². The first kappa shape index (κ1) is 18.0. The molecule has 0 spiro atoms. The molecule has 140 valence electrons. The van der Waals surface area contributed by atoms with Gasteiger partial charge in [0.25, 0.3) is 0 Å². The molecule has 0 bridgehead atoms. The summed E-state index contributed by atoms with van der Waals surface area (Å²) in [5.41, 5.74) is 2.15. The summed E-state index contributed by atoms with van der Waals surface area (Å²) in [6.07, 6.45) is 0. The van der Waals surface area contributed by atoms with Crippen molar-refractivity contribution in [2.45, 2.75) is 6.92 Å². The van der Waals surface area contributed by atoms with Crippen molar-refractivity contribution in [3.05, 3.63) is 69.6 Å². The second kappa shape index (κ2) is 7.09. The Morgan fingerprint density at radius 3 is 1.61 bits per heavy atom. The van der Waals surface area contributed by atoms with Crippen molar-refractivity contribution < 1.29 is 9.47 Å². The van der Waals surface area contributed by atoms with Crippen molar-refractivity contribution >= 4 is 53.4 Å². The topological polar surface area (TPSA) is 18.5 Å². The summed E-state index contributed by atoms with van der Waals surface area (Å²) in [7, 11) is 0. The zero-order valence-electron chi connectivity index (χ0n) is 15.3. The normalized spacial score (nSPS) is 14.4. The minimum atomic E-state index is 0.274. The molecule has 0 radical (unpaired) electrons. The van der Waals surface area contributed by atoms with Crippen molar-refractivity contribution in [1.82, 2.24) is 0 Å². The van der Waals surface area contributed by atoms with Crippen LogP contribution >= 0.6 is 31.9 Å². The Balaban J connectivity index is 2.01. The second-order valence-electron chi connectivity index (χ2n) is 7.29. The van der Waals surface area contributed by atoms with Crippen LogP contribution in [0.4, 0.5) is 0 Å². The summed E-state index contributed by atoms with van der Waals surface area (Å²) in [5, 5.41) is 4.64. The van der Waals surface area contributed by atoms with Crippen molar-refractivity contribution in [3.63, 3.8) is 0 Å². The molecule has 5 rings (SSSR count). The van der Waals surface area contributed by atoms with Gasteiger partial charge < -0.3 is 9.47 Å². The molecule has 0 aliphatic carbocycles. The summed E-state index contributed by atoms with van der Waals surface area (Å²) in [6.45, 7) is 3.36. The number of fused-ring (bicyclic) bond motifs is 7. The highest BCUT2D eigenvalue weighted by Crippen LogP contribution is 2.51. The quantitative estimate of drug-likeness (QED) is 0.249. The predicted octanol–water partition coefficient (Wildman–Crippen LogP) is 7.59. The molecule has 2 nitrogen and oxygen atoms in total. The smallest absolute Gasteiger partial charge is 0.142 e. The van der Waals surface area contributed by atoms with Crippen LogP contribution in [0.15, 0.2) is 69.6 Å². The molecule has 0 unspecified atom stereocenters. The van der Waals surface area contributed by atoms with Crippen molar-refractivity contribution in [3.8, 4) is 22.6 Å². The van der Waals surface area contributed by atoms with Gasteiger partial charge >= 0.3 is 0 Å². The molecule has 4 aromatic rings. The van der Waals surface area contributed by atoms with Gasteiger partial charge in [-0.3, -0.25) is 0 Å². The largest absolute Gasteiger partial charge is 0.491 e. The van der Waals surface area contributed by atoms with E-state index >= 15 is 0 Å². The summed E-state index contributed by atoms with van der Waals surface area (Å²) in [5.74, 6) is 2.02. The maximum Gasteiger partial charge on any atom is 0.142 e. The van der Waals surface area contributed by atoms with E-state index in [0.29, 0.717) is 13.2 Å². The van der Waals surface area contributed by atoms with E-state index in [2.05, 4.69) is 99.4 Å². The fourth-order valence-corrected chi connectivity index (χ4v) is 4.99. The fourth-order valence-electron chi connectivity index (χ4n) is 3.87. The van der Waals surface area contributed by atoms with Crippen LogP contribution in [0.1, 0.15) is 6.92 Å². The van der Waals surface area contributed by atoms with Crippen LogP contribution in [-0.2, 0) is 0 Å². The fraction of sp³-hybridized carbons (Fsp3) is 0.167. The molecule has 0 atom stereocenters. The van der Waals surface area contributed by atoms with E-state index < -0.39 is 0 Å². The molecule has 4 heteroatoms. The molecule has 1 heterocycles. The van der Waals surface area contributed by atoms with Gasteiger partial charge in [0.2, 0.25) is 0 Å². The first-order chi connectivity index (χ1) is 13.6. The Morgan fingerprint density at radius 2 is 1.14 bits per heavy atom. The lowest BCUT2D eigenvalue weighted by Crippen LogP contribution is -2.16. The maximum atomic E-state index is 6.36. The van der Waals surface area contributed by atoms with Crippen molar-refractivity contribution in [1.29, 1.82) is 0 Å². The minimum absolute atomic E-state index is 0.274. The standard InChI is InChI=1S/C24H18Br2O2/c1-14-12-27-23-19(25)10-15-6-2-4-8-17(15)21(23)22-18-9-5-3-7-16(18)11-20(26)24(22)28-13-14/h2-11,14H,12-13H2,1H3. The van der Waals surface area contributed by atoms with Gasteiger partial charge in [0.15, 0.2) is 0 Å². The van der Waals surface area contributed by atoms with Crippen LogP contribution in [0.25, 0.3) is 32.7 Å². The number of ether oxygens (including phenoxy) is 2. The third-order valence-electron chi connectivity index (χ3n) is 5.19. The van der Waals surface area contributed by atoms with Crippen LogP contribution in [0.3, 0.4) is 0 Å². The Labute approximate surface area is 180 Å². The number of hydrogen-bond donors (Lipinski definition) is 0. The summed E-state index contributed by atoms with van der Waals surface area (Å²) in [6, 6.07) is 21.1. The van der Waals surface area contributed by atoms with Gasteiger partial charge in [-0.25, -0.2) is 0 Å². The third kappa shape index (κ3) is 2.90. The van der Waals surface area contributed by atoms with E-state index in [4.69, 9.17) is 9.47 Å². The first-order valence-electron chi connectivity index (χ1n) is 9.32. The Morgan fingerprint density at radius 1 is 0.714 bits per heavy atom. The maximum absolute atomic E-state index is 6.36. The van der Waals surface area contributed by atoms with Gasteiger partial charge in [0, 0.05) is 17.0 Å². The highest BCUT2D eigenvalue weighted by atomic mass is 79.9. The van der Waals surface area contributed by atoms with E-state index in [-0.39, 0.29) is 5.92 Å². The molecule has 0 saturated heterocycles. The molecule has 1 aliphatic rings. The average Bonchev–Trinajstić information content (AvgIpc) is 2.77. The summed E-state index contributed by atoms with van der Waals surface area (Å²) < 4.78 is 14.7. The van der Waals surface area contributed by atoms with Gasteiger partial charge in [0.05, 0.1) is 22.2 Å². The zero-order valence-corrected chi connectivity index (χ0v) is 18.5. The molecule has 0 fully saturated rings. The monoisotopic (exact) mass is 496 g/mol. The molecule has 0 amide bonds. The Bertz CT molecular complexity index is 1120. The van der Waals surface area contributed by atoms with Gasteiger partial charge in [0.1, 0.15) is 11.5 Å². The molecule has 0 saturated carbocycles. The number of benzene rings is 4. The van der Waals surface area contributed by atoms with Crippen LogP contribution in [0.5, 0.6) is 11.5 Å². The van der Waals surface area contributed by atoms with E-state index in [9.17, 15) is 0 Å². The minimum Gasteiger partial charge on any atom is -0.491 e. The number of halogens is 2. The highest BCUT2D eigenvalue weighted by Gasteiger charge is 2.25. The second-order valence-corrected chi connectivity index (χ2v) is 9.00.